The van der Waals surface area contributed by atoms with E-state index in [4.69, 9.17) is 15.9 Å². The lowest BCUT2D eigenvalue weighted by atomic mass is 10.1. The number of likely N-dealkylation sites (N-methyl/N-ethyl adjacent to an activating group) is 1. The summed E-state index contributed by atoms with van der Waals surface area (Å²) in [4.78, 5) is 2.11. The molecule has 1 aliphatic rings. The number of ether oxygens (including phenoxy) is 1. The van der Waals surface area contributed by atoms with Crippen LogP contribution < -0.4 is 5.73 Å². The Morgan fingerprint density at radius 3 is 2.84 bits per heavy atom. The lowest BCUT2D eigenvalue weighted by molar-refractivity contribution is 0.0811. The maximum atomic E-state index is 13.9. The Kier molecular flexibility index (Phi) is 4.17. The van der Waals surface area contributed by atoms with E-state index in [1.807, 2.05) is 14.0 Å². The van der Waals surface area contributed by atoms with Gasteiger partial charge in [0.15, 0.2) is 0 Å². The molecule has 5 heteroatoms. The van der Waals surface area contributed by atoms with E-state index in [1.165, 1.54) is 6.07 Å². The van der Waals surface area contributed by atoms with E-state index in [-0.39, 0.29) is 17.8 Å². The van der Waals surface area contributed by atoms with Gasteiger partial charge < -0.3 is 10.5 Å². The van der Waals surface area contributed by atoms with Crippen LogP contribution in [-0.2, 0) is 11.3 Å². The second-order valence-corrected chi connectivity index (χ2v) is 5.07. The predicted octanol–water partition coefficient (Wildman–Crippen LogP) is 1.72. The van der Waals surface area contributed by atoms with E-state index in [9.17, 15) is 4.39 Å². The Bertz CT molecular complexity index is 478. The fourth-order valence-electron chi connectivity index (χ4n) is 2.53. The van der Waals surface area contributed by atoms with E-state index < -0.39 is 0 Å². The molecule has 1 aromatic rings. The third-order valence-corrected chi connectivity index (χ3v) is 3.69. The molecule has 1 saturated heterocycles. The van der Waals surface area contributed by atoms with Crippen LogP contribution in [0.1, 0.15) is 24.5 Å². The summed E-state index contributed by atoms with van der Waals surface area (Å²) in [5.74, 6) is -0.428. The van der Waals surface area contributed by atoms with Gasteiger partial charge in [0.05, 0.1) is 6.10 Å². The molecule has 104 valence electrons. The monoisotopic (exact) mass is 265 g/mol. The first-order valence-corrected chi connectivity index (χ1v) is 6.43. The highest BCUT2D eigenvalue weighted by Crippen LogP contribution is 2.21. The van der Waals surface area contributed by atoms with Crippen molar-refractivity contribution in [2.75, 3.05) is 13.7 Å². The van der Waals surface area contributed by atoms with Gasteiger partial charge in [0.2, 0.25) is 0 Å². The smallest absolute Gasteiger partial charge is 0.128 e. The van der Waals surface area contributed by atoms with Gasteiger partial charge in [-0.1, -0.05) is 12.1 Å². The van der Waals surface area contributed by atoms with Crippen LogP contribution in [0.15, 0.2) is 18.2 Å². The molecular formula is C14H20FN3O. The van der Waals surface area contributed by atoms with Crippen LogP contribution in [-0.4, -0.2) is 36.5 Å². The zero-order valence-electron chi connectivity index (χ0n) is 11.3. The number of benzene rings is 1. The molecule has 0 amide bonds. The molecule has 3 N–H and O–H groups in total. The Balaban J connectivity index is 2.08. The molecule has 19 heavy (non-hydrogen) atoms. The quantitative estimate of drug-likeness (QED) is 0.643. The van der Waals surface area contributed by atoms with Crippen LogP contribution >= 0.6 is 0 Å². The maximum absolute atomic E-state index is 13.9. The fourth-order valence-corrected chi connectivity index (χ4v) is 2.53. The van der Waals surface area contributed by atoms with Gasteiger partial charge in [-0.2, -0.15) is 0 Å². The Morgan fingerprint density at radius 2 is 2.32 bits per heavy atom. The van der Waals surface area contributed by atoms with Crippen molar-refractivity contribution in [1.29, 1.82) is 5.41 Å². The number of hydrogen-bond acceptors (Lipinski definition) is 3. The van der Waals surface area contributed by atoms with E-state index in [0.717, 1.165) is 13.0 Å². The van der Waals surface area contributed by atoms with Gasteiger partial charge in [0.1, 0.15) is 11.7 Å². The summed E-state index contributed by atoms with van der Waals surface area (Å²) in [6.45, 7) is 3.34. The molecule has 0 radical (unpaired) electrons. The van der Waals surface area contributed by atoms with Crippen molar-refractivity contribution in [1.82, 2.24) is 4.90 Å². The number of amidine groups is 1. The zero-order chi connectivity index (χ0) is 14.0. The van der Waals surface area contributed by atoms with E-state index in [0.29, 0.717) is 23.7 Å². The molecule has 0 bridgehead atoms. The summed E-state index contributed by atoms with van der Waals surface area (Å²) in [6, 6.07) is 5.03. The third kappa shape index (κ3) is 3.11. The molecule has 2 unspecified atom stereocenters. The Morgan fingerprint density at radius 1 is 1.58 bits per heavy atom. The first-order valence-electron chi connectivity index (χ1n) is 6.43. The highest BCUT2D eigenvalue weighted by Gasteiger charge is 2.28. The number of hydrogen-bond donors (Lipinski definition) is 2. The van der Waals surface area contributed by atoms with Gasteiger partial charge >= 0.3 is 0 Å². The second-order valence-electron chi connectivity index (χ2n) is 5.07. The first-order chi connectivity index (χ1) is 8.99. The summed E-state index contributed by atoms with van der Waals surface area (Å²) in [7, 11) is 1.98. The highest BCUT2D eigenvalue weighted by molar-refractivity contribution is 5.94. The molecule has 0 saturated carbocycles. The molecule has 4 nitrogen and oxygen atoms in total. The number of nitrogens with two attached hydrogens (primary N) is 1. The van der Waals surface area contributed by atoms with Gasteiger partial charge in [-0.15, -0.1) is 0 Å². The minimum Gasteiger partial charge on any atom is -0.384 e. The highest BCUT2D eigenvalue weighted by atomic mass is 19.1. The van der Waals surface area contributed by atoms with Gasteiger partial charge in [-0.05, 0) is 26.5 Å². The molecule has 1 heterocycles. The fraction of sp³-hybridized carbons (Fsp3) is 0.500. The van der Waals surface area contributed by atoms with Crippen LogP contribution in [0.3, 0.4) is 0 Å². The second kappa shape index (κ2) is 5.67. The third-order valence-electron chi connectivity index (χ3n) is 3.69. The molecule has 0 aromatic heterocycles. The predicted molar refractivity (Wildman–Crippen MR) is 72.7 cm³/mol. The lowest BCUT2D eigenvalue weighted by Crippen LogP contribution is -2.36. The van der Waals surface area contributed by atoms with Crippen molar-refractivity contribution in [2.45, 2.75) is 32.0 Å². The van der Waals surface area contributed by atoms with Gasteiger partial charge in [0.25, 0.3) is 0 Å². The van der Waals surface area contributed by atoms with Gasteiger partial charge in [-0.3, -0.25) is 10.3 Å². The van der Waals surface area contributed by atoms with Gasteiger partial charge in [-0.25, -0.2) is 4.39 Å². The SMILES string of the molecule is CC1OCCC1N(C)Cc1ccc(C(=N)N)cc1F. The molecule has 1 fully saturated rings. The molecule has 1 aromatic carbocycles. The number of halogens is 1. The normalized spacial score (nSPS) is 22.9. The summed E-state index contributed by atoms with van der Waals surface area (Å²) in [5, 5.41) is 7.29. The minimum absolute atomic E-state index is 0.114. The number of nitrogen functional groups attached to an aromatic ring is 1. The average molecular weight is 265 g/mol. The lowest BCUT2D eigenvalue weighted by Gasteiger charge is -2.26. The van der Waals surface area contributed by atoms with Gasteiger partial charge in [0, 0.05) is 30.3 Å². The Labute approximate surface area is 112 Å². The number of nitrogens with one attached hydrogen (secondary N) is 1. The largest absolute Gasteiger partial charge is 0.384 e. The van der Waals surface area contributed by atoms with Crippen molar-refractivity contribution in [3.63, 3.8) is 0 Å². The van der Waals surface area contributed by atoms with Crippen LogP contribution in [0.2, 0.25) is 0 Å². The summed E-state index contributed by atoms with van der Waals surface area (Å²) in [6.07, 6.45) is 1.16. The van der Waals surface area contributed by atoms with Crippen LogP contribution in [0.5, 0.6) is 0 Å². The van der Waals surface area contributed by atoms with Crippen LogP contribution in [0.4, 0.5) is 4.39 Å². The van der Waals surface area contributed by atoms with Crippen molar-refractivity contribution >= 4 is 5.84 Å². The summed E-state index contributed by atoms with van der Waals surface area (Å²) < 4.78 is 19.5. The maximum Gasteiger partial charge on any atom is 0.128 e. The molecule has 2 rings (SSSR count). The topological polar surface area (TPSA) is 62.3 Å². The molecule has 1 aliphatic heterocycles. The molecule has 0 spiro atoms. The molecule has 0 aliphatic carbocycles. The van der Waals surface area contributed by atoms with Crippen molar-refractivity contribution < 1.29 is 9.13 Å². The van der Waals surface area contributed by atoms with Crippen molar-refractivity contribution in [3.05, 3.63) is 35.1 Å². The number of rotatable bonds is 4. The molecule has 2 atom stereocenters. The number of nitrogens with zero attached hydrogens (tertiary/aromatic N) is 1. The summed E-state index contributed by atoms with van der Waals surface area (Å²) in [5.41, 5.74) is 6.38. The van der Waals surface area contributed by atoms with E-state index in [1.54, 1.807) is 12.1 Å². The molecular weight excluding hydrogens is 245 g/mol. The van der Waals surface area contributed by atoms with Crippen LogP contribution in [0, 0.1) is 11.2 Å². The van der Waals surface area contributed by atoms with E-state index >= 15 is 0 Å². The van der Waals surface area contributed by atoms with Crippen molar-refractivity contribution in [2.24, 2.45) is 5.73 Å². The minimum atomic E-state index is -0.314. The van der Waals surface area contributed by atoms with Crippen LogP contribution in [0.25, 0.3) is 0 Å². The first kappa shape index (κ1) is 14.0. The Hall–Kier alpha value is -1.46. The van der Waals surface area contributed by atoms with Crippen molar-refractivity contribution in [3.8, 4) is 0 Å². The average Bonchev–Trinajstić information content (AvgIpc) is 2.77. The zero-order valence-corrected chi connectivity index (χ0v) is 11.3. The standard InChI is InChI=1S/C14H20FN3O/c1-9-13(5-6-19-9)18(2)8-11-4-3-10(14(16)17)7-12(11)15/h3-4,7,9,13H,5-6,8H2,1-2H3,(H3,16,17). The van der Waals surface area contributed by atoms with E-state index in [2.05, 4.69) is 4.90 Å². The summed E-state index contributed by atoms with van der Waals surface area (Å²) >= 11 is 0.